The molecule has 0 amide bonds. The van der Waals surface area contributed by atoms with Crippen LogP contribution in [0.2, 0.25) is 5.02 Å². The highest BCUT2D eigenvalue weighted by Gasteiger charge is 2.10. The normalized spacial score (nSPS) is 10.3. The summed E-state index contributed by atoms with van der Waals surface area (Å²) in [7, 11) is 0. The number of aromatic carboxylic acids is 1. The molecule has 0 heterocycles. The molecule has 116 valence electrons. The summed E-state index contributed by atoms with van der Waals surface area (Å²) >= 11 is 5.82. The van der Waals surface area contributed by atoms with E-state index in [-0.39, 0.29) is 5.56 Å². The summed E-state index contributed by atoms with van der Waals surface area (Å²) in [6, 6.07) is 10.8. The minimum absolute atomic E-state index is 0.152. The van der Waals surface area contributed by atoms with E-state index in [9.17, 15) is 4.79 Å². The molecule has 2 aromatic rings. The summed E-state index contributed by atoms with van der Waals surface area (Å²) in [5.74, 6) is -0.170. The zero-order valence-corrected chi connectivity index (χ0v) is 13.3. The Morgan fingerprint density at radius 1 is 1.23 bits per heavy atom. The lowest BCUT2D eigenvalue weighted by Crippen LogP contribution is -2.14. The largest absolute Gasteiger partial charge is 0.491 e. The van der Waals surface area contributed by atoms with Crippen molar-refractivity contribution in [1.29, 1.82) is 0 Å². The number of aryl methyl sites for hydroxylation is 2. The Morgan fingerprint density at radius 2 is 2.00 bits per heavy atom. The van der Waals surface area contributed by atoms with Gasteiger partial charge in [-0.2, -0.15) is 0 Å². The van der Waals surface area contributed by atoms with Gasteiger partial charge in [-0.1, -0.05) is 23.7 Å². The fourth-order valence-electron chi connectivity index (χ4n) is 2.06. The van der Waals surface area contributed by atoms with Crippen LogP contribution in [0, 0.1) is 13.8 Å². The van der Waals surface area contributed by atoms with Gasteiger partial charge in [-0.25, -0.2) is 4.79 Å². The average molecular weight is 320 g/mol. The molecule has 22 heavy (non-hydrogen) atoms. The first-order chi connectivity index (χ1) is 10.5. The predicted molar refractivity (Wildman–Crippen MR) is 88.3 cm³/mol. The highest BCUT2D eigenvalue weighted by Crippen LogP contribution is 2.21. The van der Waals surface area contributed by atoms with Gasteiger partial charge in [-0.15, -0.1) is 0 Å². The topological polar surface area (TPSA) is 58.6 Å². The van der Waals surface area contributed by atoms with E-state index in [1.165, 1.54) is 6.07 Å². The Kier molecular flexibility index (Phi) is 5.28. The van der Waals surface area contributed by atoms with Crippen molar-refractivity contribution in [2.24, 2.45) is 0 Å². The second-order valence-corrected chi connectivity index (χ2v) is 5.48. The zero-order valence-electron chi connectivity index (χ0n) is 12.5. The number of ether oxygens (including phenoxy) is 1. The van der Waals surface area contributed by atoms with Crippen molar-refractivity contribution >= 4 is 23.3 Å². The Bertz CT molecular complexity index is 686. The van der Waals surface area contributed by atoms with Gasteiger partial charge in [0.2, 0.25) is 0 Å². The van der Waals surface area contributed by atoms with Gasteiger partial charge in [-0.3, -0.25) is 0 Å². The second-order valence-electron chi connectivity index (χ2n) is 5.04. The Morgan fingerprint density at radius 3 is 2.73 bits per heavy atom. The van der Waals surface area contributed by atoms with E-state index in [2.05, 4.69) is 5.32 Å². The number of nitrogens with one attached hydrogen (secondary N) is 1. The minimum Gasteiger partial charge on any atom is -0.491 e. The molecule has 5 heteroatoms. The number of hydrogen-bond acceptors (Lipinski definition) is 3. The number of benzene rings is 2. The van der Waals surface area contributed by atoms with Crippen molar-refractivity contribution in [3.05, 3.63) is 58.1 Å². The van der Waals surface area contributed by atoms with Gasteiger partial charge in [0.05, 0.1) is 5.56 Å². The number of halogens is 1. The molecule has 0 saturated heterocycles. The third kappa shape index (κ3) is 4.15. The van der Waals surface area contributed by atoms with E-state index < -0.39 is 5.97 Å². The molecule has 0 bridgehead atoms. The molecule has 0 unspecified atom stereocenters. The van der Waals surface area contributed by atoms with Crippen LogP contribution in [0.5, 0.6) is 5.75 Å². The molecule has 0 saturated carbocycles. The molecule has 2 N–H and O–H groups in total. The van der Waals surface area contributed by atoms with Crippen molar-refractivity contribution in [2.75, 3.05) is 18.5 Å². The number of rotatable bonds is 6. The van der Waals surface area contributed by atoms with Crippen molar-refractivity contribution in [1.82, 2.24) is 0 Å². The predicted octanol–water partition coefficient (Wildman–Crippen LogP) is 4.15. The smallest absolute Gasteiger partial charge is 0.337 e. The molecule has 2 rings (SSSR count). The van der Waals surface area contributed by atoms with Crippen molar-refractivity contribution in [2.45, 2.75) is 13.8 Å². The number of hydrogen-bond donors (Lipinski definition) is 2. The third-order valence-corrected chi connectivity index (χ3v) is 3.47. The average Bonchev–Trinajstić information content (AvgIpc) is 2.48. The monoisotopic (exact) mass is 319 g/mol. The second kappa shape index (κ2) is 7.18. The van der Waals surface area contributed by atoms with Crippen molar-refractivity contribution in [3.8, 4) is 5.75 Å². The third-order valence-electron chi connectivity index (χ3n) is 3.23. The molecule has 0 spiro atoms. The molecule has 0 fully saturated rings. The van der Waals surface area contributed by atoms with Crippen molar-refractivity contribution in [3.63, 3.8) is 0 Å². The lowest BCUT2D eigenvalue weighted by Gasteiger charge is -2.12. The van der Waals surface area contributed by atoms with Gasteiger partial charge in [0.1, 0.15) is 12.4 Å². The first kappa shape index (κ1) is 16.2. The van der Waals surface area contributed by atoms with Crippen LogP contribution in [0.4, 0.5) is 5.69 Å². The van der Waals surface area contributed by atoms with Gasteiger partial charge >= 0.3 is 5.97 Å². The summed E-state index contributed by atoms with van der Waals surface area (Å²) in [5.41, 5.74) is 2.89. The van der Waals surface area contributed by atoms with E-state index >= 15 is 0 Å². The number of carbonyl (C=O) groups is 1. The van der Waals surface area contributed by atoms with E-state index in [1.807, 2.05) is 32.0 Å². The van der Waals surface area contributed by atoms with Crippen LogP contribution in [0.3, 0.4) is 0 Å². The fraction of sp³-hybridized carbons (Fsp3) is 0.235. The summed E-state index contributed by atoms with van der Waals surface area (Å²) in [5, 5.41) is 12.6. The van der Waals surface area contributed by atoms with Crippen LogP contribution in [0.15, 0.2) is 36.4 Å². The molecule has 0 aliphatic carbocycles. The summed E-state index contributed by atoms with van der Waals surface area (Å²) in [4.78, 5) is 11.2. The zero-order chi connectivity index (χ0) is 16.1. The maximum atomic E-state index is 11.2. The molecular formula is C17H18ClNO3. The van der Waals surface area contributed by atoms with Gasteiger partial charge in [-0.05, 0) is 49.2 Å². The van der Waals surface area contributed by atoms with Crippen LogP contribution < -0.4 is 10.1 Å². The molecule has 2 aromatic carbocycles. The SMILES string of the molecule is Cc1ccc(C)c(OCCNc2ccc(Cl)cc2C(=O)O)c1. The molecule has 0 radical (unpaired) electrons. The quantitative estimate of drug-likeness (QED) is 0.785. The van der Waals surface area contributed by atoms with E-state index in [1.54, 1.807) is 12.1 Å². The Balaban J connectivity index is 1.94. The van der Waals surface area contributed by atoms with Crippen LogP contribution in [-0.4, -0.2) is 24.2 Å². The van der Waals surface area contributed by atoms with E-state index in [4.69, 9.17) is 21.4 Å². The lowest BCUT2D eigenvalue weighted by atomic mass is 10.1. The standard InChI is InChI=1S/C17H18ClNO3/c1-11-3-4-12(2)16(9-11)22-8-7-19-15-6-5-13(18)10-14(15)17(20)21/h3-6,9-10,19H,7-8H2,1-2H3,(H,20,21). The van der Waals surface area contributed by atoms with E-state index in [0.29, 0.717) is 23.9 Å². The number of carboxylic acid groups (broad SMARTS) is 1. The molecule has 0 aliphatic heterocycles. The Hall–Kier alpha value is -2.20. The fourth-order valence-corrected chi connectivity index (χ4v) is 2.23. The van der Waals surface area contributed by atoms with Crippen LogP contribution in [-0.2, 0) is 0 Å². The number of carboxylic acids is 1. The van der Waals surface area contributed by atoms with Gasteiger partial charge in [0, 0.05) is 17.3 Å². The van der Waals surface area contributed by atoms with Gasteiger partial charge in [0.25, 0.3) is 0 Å². The first-order valence-corrected chi connectivity index (χ1v) is 7.32. The van der Waals surface area contributed by atoms with Gasteiger partial charge < -0.3 is 15.2 Å². The lowest BCUT2D eigenvalue weighted by molar-refractivity contribution is 0.0698. The molecular weight excluding hydrogens is 302 g/mol. The Labute approximate surface area is 134 Å². The van der Waals surface area contributed by atoms with Crippen LogP contribution in [0.1, 0.15) is 21.5 Å². The molecule has 0 aromatic heterocycles. The molecule has 0 atom stereocenters. The number of anilines is 1. The summed E-state index contributed by atoms with van der Waals surface area (Å²) in [6.07, 6.45) is 0. The minimum atomic E-state index is -1.01. The molecule has 0 aliphatic rings. The maximum Gasteiger partial charge on any atom is 0.337 e. The van der Waals surface area contributed by atoms with E-state index in [0.717, 1.165) is 16.9 Å². The summed E-state index contributed by atoms with van der Waals surface area (Å²) in [6.45, 7) is 4.93. The van der Waals surface area contributed by atoms with Crippen LogP contribution >= 0.6 is 11.6 Å². The molecule has 4 nitrogen and oxygen atoms in total. The van der Waals surface area contributed by atoms with Gasteiger partial charge in [0.15, 0.2) is 0 Å². The first-order valence-electron chi connectivity index (χ1n) is 6.94. The highest BCUT2D eigenvalue weighted by molar-refractivity contribution is 6.31. The van der Waals surface area contributed by atoms with Crippen molar-refractivity contribution < 1.29 is 14.6 Å². The maximum absolute atomic E-state index is 11.2. The highest BCUT2D eigenvalue weighted by atomic mass is 35.5. The van der Waals surface area contributed by atoms with Crippen LogP contribution in [0.25, 0.3) is 0 Å². The summed E-state index contributed by atoms with van der Waals surface area (Å²) < 4.78 is 5.73.